The molecule has 0 saturated heterocycles. The standard InChI is InChI=1S/C20H36.C2H6/c1-7-17(4)19(6)13-15(2)9-8-10-20-14-16(3)11-12-18(20)5;1-2/h8,10,15-17,19H,7,9,11-14H2,1-6H3;1-2H3/b10-8-;. The monoisotopic (exact) mass is 306 g/mol. The highest BCUT2D eigenvalue weighted by Gasteiger charge is 2.14. The van der Waals surface area contributed by atoms with Gasteiger partial charge in [-0.05, 0) is 68.3 Å². The molecule has 0 bridgehead atoms. The molecular formula is C22H42. The molecular weight excluding hydrogens is 264 g/mol. The fourth-order valence-corrected chi connectivity index (χ4v) is 3.29. The predicted molar refractivity (Wildman–Crippen MR) is 103 cm³/mol. The lowest BCUT2D eigenvalue weighted by Gasteiger charge is -2.22. The van der Waals surface area contributed by atoms with Gasteiger partial charge in [0.15, 0.2) is 0 Å². The SMILES string of the molecule is CC.CCC(C)C(C)CC(C)C/C=C\C1=C(C)CCC(C)C1. The van der Waals surface area contributed by atoms with Gasteiger partial charge in [-0.3, -0.25) is 0 Å². The van der Waals surface area contributed by atoms with Gasteiger partial charge in [0.1, 0.15) is 0 Å². The number of hydrogen-bond acceptors (Lipinski definition) is 0. The van der Waals surface area contributed by atoms with E-state index in [4.69, 9.17) is 0 Å². The van der Waals surface area contributed by atoms with Gasteiger partial charge >= 0.3 is 0 Å². The molecule has 0 saturated carbocycles. The highest BCUT2D eigenvalue weighted by atomic mass is 14.2. The van der Waals surface area contributed by atoms with Crippen LogP contribution in [0.3, 0.4) is 0 Å². The molecule has 0 N–H and O–H groups in total. The van der Waals surface area contributed by atoms with Crippen LogP contribution in [0.2, 0.25) is 0 Å². The lowest BCUT2D eigenvalue weighted by molar-refractivity contribution is 0.308. The summed E-state index contributed by atoms with van der Waals surface area (Å²) >= 11 is 0. The van der Waals surface area contributed by atoms with Gasteiger partial charge in [-0.2, -0.15) is 0 Å². The second kappa shape index (κ2) is 12.0. The minimum Gasteiger partial charge on any atom is -0.0840 e. The van der Waals surface area contributed by atoms with Gasteiger partial charge < -0.3 is 0 Å². The van der Waals surface area contributed by atoms with E-state index in [-0.39, 0.29) is 0 Å². The van der Waals surface area contributed by atoms with Crippen LogP contribution in [0.1, 0.15) is 93.9 Å². The van der Waals surface area contributed by atoms with Gasteiger partial charge in [-0.25, -0.2) is 0 Å². The molecule has 1 aliphatic rings. The molecule has 1 aliphatic carbocycles. The summed E-state index contributed by atoms with van der Waals surface area (Å²) in [7, 11) is 0. The molecule has 0 nitrogen and oxygen atoms in total. The zero-order valence-electron chi connectivity index (χ0n) is 16.7. The van der Waals surface area contributed by atoms with Crippen molar-refractivity contribution in [2.75, 3.05) is 0 Å². The first-order valence-corrected chi connectivity index (χ1v) is 9.79. The van der Waals surface area contributed by atoms with Gasteiger partial charge in [0.25, 0.3) is 0 Å². The highest BCUT2D eigenvalue weighted by molar-refractivity contribution is 5.27. The van der Waals surface area contributed by atoms with E-state index in [1.807, 2.05) is 13.8 Å². The largest absolute Gasteiger partial charge is 0.0840 e. The first kappa shape index (κ1) is 21.5. The molecule has 0 aromatic carbocycles. The Morgan fingerprint density at radius 2 is 1.77 bits per heavy atom. The van der Waals surface area contributed by atoms with E-state index < -0.39 is 0 Å². The third-order valence-electron chi connectivity index (χ3n) is 5.38. The fourth-order valence-electron chi connectivity index (χ4n) is 3.29. The Morgan fingerprint density at radius 3 is 2.36 bits per heavy atom. The van der Waals surface area contributed by atoms with Gasteiger partial charge in [0.05, 0.1) is 0 Å². The molecule has 4 atom stereocenters. The summed E-state index contributed by atoms with van der Waals surface area (Å²) in [5, 5.41) is 0. The van der Waals surface area contributed by atoms with E-state index >= 15 is 0 Å². The van der Waals surface area contributed by atoms with Crippen molar-refractivity contribution in [3.63, 3.8) is 0 Å². The van der Waals surface area contributed by atoms with Crippen LogP contribution < -0.4 is 0 Å². The molecule has 0 spiro atoms. The maximum Gasteiger partial charge on any atom is -0.0254 e. The zero-order valence-corrected chi connectivity index (χ0v) is 16.7. The van der Waals surface area contributed by atoms with Crippen molar-refractivity contribution in [2.24, 2.45) is 23.7 Å². The summed E-state index contributed by atoms with van der Waals surface area (Å²) < 4.78 is 0. The summed E-state index contributed by atoms with van der Waals surface area (Å²) in [6.45, 7) is 18.2. The second-order valence-corrected chi connectivity index (χ2v) is 7.50. The Balaban J connectivity index is 0.00000211. The van der Waals surface area contributed by atoms with Gasteiger partial charge in [0.2, 0.25) is 0 Å². The lowest BCUT2D eigenvalue weighted by atomic mass is 9.84. The van der Waals surface area contributed by atoms with Gasteiger partial charge in [0, 0.05) is 0 Å². The molecule has 0 fully saturated rings. The van der Waals surface area contributed by atoms with E-state index in [1.54, 1.807) is 11.1 Å². The molecule has 0 aromatic rings. The van der Waals surface area contributed by atoms with Crippen LogP contribution in [0, 0.1) is 23.7 Å². The first-order chi connectivity index (χ1) is 10.4. The van der Waals surface area contributed by atoms with Crippen molar-refractivity contribution in [3.05, 3.63) is 23.3 Å². The van der Waals surface area contributed by atoms with E-state index in [9.17, 15) is 0 Å². The fraction of sp³-hybridized carbons (Fsp3) is 0.818. The molecule has 0 aromatic heterocycles. The Kier molecular flexibility index (Phi) is 11.7. The van der Waals surface area contributed by atoms with Crippen LogP contribution in [0.5, 0.6) is 0 Å². The Hall–Kier alpha value is -0.520. The van der Waals surface area contributed by atoms with E-state index in [1.165, 1.54) is 38.5 Å². The molecule has 1 rings (SSSR count). The zero-order chi connectivity index (χ0) is 17.1. The summed E-state index contributed by atoms with van der Waals surface area (Å²) in [5.41, 5.74) is 3.24. The van der Waals surface area contributed by atoms with Crippen molar-refractivity contribution in [2.45, 2.75) is 93.9 Å². The van der Waals surface area contributed by atoms with Crippen molar-refractivity contribution in [1.29, 1.82) is 0 Å². The molecule has 0 aliphatic heterocycles. The molecule has 22 heavy (non-hydrogen) atoms. The van der Waals surface area contributed by atoms with Crippen LogP contribution in [0.4, 0.5) is 0 Å². The van der Waals surface area contributed by atoms with Crippen LogP contribution in [0.15, 0.2) is 23.3 Å². The Labute approximate surface area is 141 Å². The Bertz CT molecular complexity index is 334. The third kappa shape index (κ3) is 8.20. The minimum absolute atomic E-state index is 0.817. The van der Waals surface area contributed by atoms with Gasteiger partial charge in [-0.15, -0.1) is 0 Å². The molecule has 0 heteroatoms. The lowest BCUT2D eigenvalue weighted by Crippen LogP contribution is -2.10. The highest BCUT2D eigenvalue weighted by Crippen LogP contribution is 2.30. The molecule has 0 amide bonds. The third-order valence-corrected chi connectivity index (χ3v) is 5.38. The van der Waals surface area contributed by atoms with Crippen LogP contribution >= 0.6 is 0 Å². The van der Waals surface area contributed by atoms with Crippen molar-refractivity contribution in [1.82, 2.24) is 0 Å². The molecule has 130 valence electrons. The second-order valence-electron chi connectivity index (χ2n) is 7.50. The number of allylic oxidation sites excluding steroid dienone is 4. The Morgan fingerprint density at radius 1 is 1.14 bits per heavy atom. The van der Waals surface area contributed by atoms with Gasteiger partial charge in [-0.1, -0.05) is 72.6 Å². The van der Waals surface area contributed by atoms with Crippen LogP contribution in [-0.2, 0) is 0 Å². The number of hydrogen-bond donors (Lipinski definition) is 0. The topological polar surface area (TPSA) is 0 Å². The molecule has 0 heterocycles. The van der Waals surface area contributed by atoms with E-state index in [0.717, 1.165) is 23.7 Å². The average Bonchev–Trinajstić information content (AvgIpc) is 2.51. The minimum atomic E-state index is 0.817. The van der Waals surface area contributed by atoms with Crippen molar-refractivity contribution < 1.29 is 0 Å². The first-order valence-electron chi connectivity index (χ1n) is 9.79. The maximum absolute atomic E-state index is 2.44. The smallest absolute Gasteiger partial charge is 0.0254 e. The normalized spacial score (nSPS) is 23.0. The summed E-state index contributed by atoms with van der Waals surface area (Å²) in [5.74, 6) is 3.42. The maximum atomic E-state index is 2.44. The van der Waals surface area contributed by atoms with Crippen LogP contribution in [-0.4, -0.2) is 0 Å². The van der Waals surface area contributed by atoms with Crippen molar-refractivity contribution >= 4 is 0 Å². The number of rotatable bonds is 7. The molecule has 0 radical (unpaired) electrons. The summed E-state index contributed by atoms with van der Waals surface area (Å²) in [4.78, 5) is 0. The van der Waals surface area contributed by atoms with Crippen LogP contribution in [0.25, 0.3) is 0 Å². The summed E-state index contributed by atoms with van der Waals surface area (Å²) in [6.07, 6.45) is 12.8. The summed E-state index contributed by atoms with van der Waals surface area (Å²) in [6, 6.07) is 0. The van der Waals surface area contributed by atoms with E-state index in [2.05, 4.69) is 53.7 Å². The quantitative estimate of drug-likeness (QED) is 0.450. The molecule has 4 unspecified atom stereocenters. The van der Waals surface area contributed by atoms with E-state index in [0.29, 0.717) is 0 Å². The van der Waals surface area contributed by atoms with Crippen molar-refractivity contribution in [3.8, 4) is 0 Å². The predicted octanol–water partition coefficient (Wildman–Crippen LogP) is 7.80. The average molecular weight is 307 g/mol.